The number of ether oxygens (including phenoxy) is 1. The van der Waals surface area contributed by atoms with Crippen LogP contribution in [-0.2, 0) is 11.2 Å². The van der Waals surface area contributed by atoms with Crippen LogP contribution in [0.15, 0.2) is 42.5 Å². The number of anilines is 3. The standard InChI is InChI=1S/C15H17N3O2.H3N/c1-20-13-4-2-3-12(9-13)18-15(19)7-10-5-6-11(16)8-14(10)17;/h2-6,8-9H,7,16-17H2,1H3,(H,18,19);1H3. The number of rotatable bonds is 4. The third-order valence-electron chi connectivity index (χ3n) is 2.87. The molecule has 0 unspecified atom stereocenters. The van der Waals surface area contributed by atoms with Crippen LogP contribution in [0.3, 0.4) is 0 Å². The van der Waals surface area contributed by atoms with Crippen molar-refractivity contribution < 1.29 is 9.53 Å². The van der Waals surface area contributed by atoms with Gasteiger partial charge in [0.1, 0.15) is 5.75 Å². The van der Waals surface area contributed by atoms with Crippen LogP contribution < -0.4 is 27.7 Å². The topological polar surface area (TPSA) is 125 Å². The van der Waals surface area contributed by atoms with Crippen molar-refractivity contribution in [2.45, 2.75) is 6.42 Å². The maximum Gasteiger partial charge on any atom is 0.228 e. The number of nitrogens with one attached hydrogen (secondary N) is 1. The number of benzene rings is 2. The Morgan fingerprint density at radius 2 is 1.95 bits per heavy atom. The number of hydrogen-bond donors (Lipinski definition) is 4. The summed E-state index contributed by atoms with van der Waals surface area (Å²) < 4.78 is 5.10. The Bertz CT molecular complexity index is 629. The van der Waals surface area contributed by atoms with Crippen LogP contribution in [0.5, 0.6) is 5.75 Å². The molecule has 6 heteroatoms. The molecule has 1 amide bonds. The van der Waals surface area contributed by atoms with Gasteiger partial charge in [-0.05, 0) is 29.8 Å². The smallest absolute Gasteiger partial charge is 0.228 e. The van der Waals surface area contributed by atoms with Crippen molar-refractivity contribution >= 4 is 23.0 Å². The Labute approximate surface area is 123 Å². The highest BCUT2D eigenvalue weighted by molar-refractivity contribution is 5.93. The van der Waals surface area contributed by atoms with Crippen LogP contribution in [0.1, 0.15) is 5.56 Å². The maximum atomic E-state index is 12.0. The monoisotopic (exact) mass is 288 g/mol. The van der Waals surface area contributed by atoms with E-state index < -0.39 is 0 Å². The van der Waals surface area contributed by atoms with Gasteiger partial charge in [-0.1, -0.05) is 12.1 Å². The van der Waals surface area contributed by atoms with Gasteiger partial charge >= 0.3 is 0 Å². The molecule has 0 saturated carbocycles. The molecule has 112 valence electrons. The van der Waals surface area contributed by atoms with Crippen LogP contribution in [0, 0.1) is 0 Å². The molecule has 8 N–H and O–H groups in total. The van der Waals surface area contributed by atoms with Gasteiger partial charge in [-0.15, -0.1) is 0 Å². The third-order valence-corrected chi connectivity index (χ3v) is 2.87. The van der Waals surface area contributed by atoms with Gasteiger partial charge in [0, 0.05) is 23.1 Å². The lowest BCUT2D eigenvalue weighted by atomic mass is 10.1. The molecule has 21 heavy (non-hydrogen) atoms. The first kappa shape index (κ1) is 16.3. The zero-order valence-electron chi connectivity index (χ0n) is 11.9. The molecule has 0 spiro atoms. The van der Waals surface area contributed by atoms with Crippen molar-refractivity contribution in [1.82, 2.24) is 6.15 Å². The van der Waals surface area contributed by atoms with Crippen LogP contribution >= 0.6 is 0 Å². The third kappa shape index (κ3) is 4.39. The first-order valence-corrected chi connectivity index (χ1v) is 6.16. The number of carbonyl (C=O) groups is 1. The van der Waals surface area contributed by atoms with E-state index in [4.69, 9.17) is 16.2 Å². The summed E-state index contributed by atoms with van der Waals surface area (Å²) in [4.78, 5) is 12.0. The van der Waals surface area contributed by atoms with E-state index in [-0.39, 0.29) is 18.5 Å². The fraction of sp³-hybridized carbons (Fsp3) is 0.133. The normalized spacial score (nSPS) is 9.57. The second-order valence-corrected chi connectivity index (χ2v) is 4.42. The van der Waals surface area contributed by atoms with E-state index in [1.54, 1.807) is 37.4 Å². The highest BCUT2D eigenvalue weighted by Gasteiger charge is 2.07. The second-order valence-electron chi connectivity index (χ2n) is 4.42. The summed E-state index contributed by atoms with van der Waals surface area (Å²) in [5, 5.41) is 2.80. The van der Waals surface area contributed by atoms with E-state index in [1.165, 1.54) is 0 Å². The molecule has 6 nitrogen and oxygen atoms in total. The molecule has 2 rings (SSSR count). The Morgan fingerprint density at radius 1 is 1.19 bits per heavy atom. The highest BCUT2D eigenvalue weighted by atomic mass is 16.5. The van der Waals surface area contributed by atoms with Gasteiger partial charge in [-0.3, -0.25) is 4.79 Å². The molecule has 0 fully saturated rings. The van der Waals surface area contributed by atoms with Crippen molar-refractivity contribution in [2.24, 2.45) is 0 Å². The second kappa shape index (κ2) is 7.16. The SMILES string of the molecule is COc1cccc(NC(=O)Cc2ccc(N)cc2N)c1.N. The van der Waals surface area contributed by atoms with Gasteiger partial charge in [-0.25, -0.2) is 0 Å². The number of nitrogen functional groups attached to an aromatic ring is 2. The van der Waals surface area contributed by atoms with Crippen molar-refractivity contribution in [1.29, 1.82) is 0 Å². The van der Waals surface area contributed by atoms with E-state index in [2.05, 4.69) is 5.32 Å². The van der Waals surface area contributed by atoms with Crippen molar-refractivity contribution in [3.8, 4) is 5.75 Å². The minimum Gasteiger partial charge on any atom is -0.497 e. The quantitative estimate of drug-likeness (QED) is 0.642. The summed E-state index contributed by atoms with van der Waals surface area (Å²) >= 11 is 0. The largest absolute Gasteiger partial charge is 0.497 e. The van der Waals surface area contributed by atoms with Gasteiger partial charge in [0.2, 0.25) is 5.91 Å². The molecule has 2 aromatic rings. The number of methoxy groups -OCH3 is 1. The first-order chi connectivity index (χ1) is 9.58. The average Bonchev–Trinajstić information content (AvgIpc) is 2.42. The maximum absolute atomic E-state index is 12.0. The number of nitrogens with two attached hydrogens (primary N) is 2. The van der Waals surface area contributed by atoms with Crippen molar-refractivity contribution in [3.05, 3.63) is 48.0 Å². The van der Waals surface area contributed by atoms with Crippen molar-refractivity contribution in [2.75, 3.05) is 23.9 Å². The Balaban J connectivity index is 0.00000220. The minimum atomic E-state index is -0.144. The van der Waals surface area contributed by atoms with E-state index in [1.807, 2.05) is 12.1 Å². The average molecular weight is 288 g/mol. The molecule has 0 aliphatic rings. The molecule has 0 bridgehead atoms. The van der Waals surface area contributed by atoms with Crippen LogP contribution in [-0.4, -0.2) is 13.0 Å². The van der Waals surface area contributed by atoms with Gasteiger partial charge < -0.3 is 27.7 Å². The van der Waals surface area contributed by atoms with Gasteiger partial charge in [0.15, 0.2) is 0 Å². The van der Waals surface area contributed by atoms with Crippen LogP contribution in [0.4, 0.5) is 17.1 Å². The fourth-order valence-electron chi connectivity index (χ4n) is 1.85. The summed E-state index contributed by atoms with van der Waals surface area (Å²) in [6.07, 6.45) is 0.198. The fourth-order valence-corrected chi connectivity index (χ4v) is 1.85. The summed E-state index contributed by atoms with van der Waals surface area (Å²) in [7, 11) is 1.58. The number of amides is 1. The van der Waals surface area contributed by atoms with Crippen molar-refractivity contribution in [3.63, 3.8) is 0 Å². The molecule has 0 radical (unpaired) electrons. The summed E-state index contributed by atoms with van der Waals surface area (Å²) in [5.41, 5.74) is 14.0. The lowest BCUT2D eigenvalue weighted by molar-refractivity contribution is -0.115. The number of hydrogen-bond acceptors (Lipinski definition) is 5. The molecule has 0 aliphatic heterocycles. The predicted molar refractivity (Wildman–Crippen MR) is 85.6 cm³/mol. The summed E-state index contributed by atoms with van der Waals surface area (Å²) in [5.74, 6) is 0.546. The molecule has 2 aromatic carbocycles. The van der Waals surface area contributed by atoms with Crippen LogP contribution in [0.25, 0.3) is 0 Å². The van der Waals surface area contributed by atoms with E-state index in [0.29, 0.717) is 22.8 Å². The zero-order valence-corrected chi connectivity index (χ0v) is 11.9. The van der Waals surface area contributed by atoms with Crippen LogP contribution in [0.2, 0.25) is 0 Å². The molecular formula is C15H20N4O2. The lowest BCUT2D eigenvalue weighted by Crippen LogP contribution is -2.15. The molecule has 0 aromatic heterocycles. The van der Waals surface area contributed by atoms with E-state index in [9.17, 15) is 4.79 Å². The Morgan fingerprint density at radius 3 is 2.62 bits per heavy atom. The molecule has 0 aliphatic carbocycles. The van der Waals surface area contributed by atoms with Gasteiger partial charge in [-0.2, -0.15) is 0 Å². The minimum absolute atomic E-state index is 0. The lowest BCUT2D eigenvalue weighted by Gasteiger charge is -2.09. The first-order valence-electron chi connectivity index (χ1n) is 6.16. The van der Waals surface area contributed by atoms with E-state index >= 15 is 0 Å². The molecule has 0 heterocycles. The summed E-state index contributed by atoms with van der Waals surface area (Å²) in [6.45, 7) is 0. The van der Waals surface area contributed by atoms with E-state index in [0.717, 1.165) is 5.56 Å². The zero-order chi connectivity index (χ0) is 14.5. The highest BCUT2D eigenvalue weighted by Crippen LogP contribution is 2.19. The summed E-state index contributed by atoms with van der Waals surface area (Å²) in [6, 6.07) is 12.3. The van der Waals surface area contributed by atoms with Gasteiger partial charge in [0.05, 0.1) is 13.5 Å². The Kier molecular flexibility index (Phi) is 5.57. The predicted octanol–water partition coefficient (Wildman–Crippen LogP) is 2.20. The Hall–Kier alpha value is -2.73. The van der Waals surface area contributed by atoms with Gasteiger partial charge in [0.25, 0.3) is 0 Å². The molecular weight excluding hydrogens is 268 g/mol. The number of carbonyl (C=O) groups excluding carboxylic acids is 1. The molecule has 0 saturated heterocycles. The molecule has 0 atom stereocenters.